The molecule has 3 rings (SSSR count). The Bertz CT molecular complexity index is 611. The Morgan fingerprint density at radius 1 is 0.967 bits per heavy atom. The van der Waals surface area contributed by atoms with Crippen LogP contribution in [0.4, 0.5) is 0 Å². The molecule has 3 aliphatic rings. The Hall–Kier alpha value is -0.0900. The fourth-order valence-corrected chi connectivity index (χ4v) is 5.02. The number of hydrogen-bond acceptors (Lipinski definition) is 8. The summed E-state index contributed by atoms with van der Waals surface area (Å²) >= 11 is 0. The predicted molar refractivity (Wildman–Crippen MR) is 108 cm³/mol. The first-order valence-corrected chi connectivity index (χ1v) is 12.5. The zero-order valence-corrected chi connectivity index (χ0v) is 19.6. The van der Waals surface area contributed by atoms with Gasteiger partial charge in [0.15, 0.2) is 17.9 Å². The molecule has 9 nitrogen and oxygen atoms in total. The zero-order chi connectivity index (χ0) is 22.0. The highest BCUT2D eigenvalue weighted by Gasteiger charge is 2.60. The largest absolute Gasteiger partial charge is 0.472 e. The van der Waals surface area contributed by atoms with Crippen LogP contribution in [0.15, 0.2) is 0 Å². The van der Waals surface area contributed by atoms with Crippen molar-refractivity contribution in [3.63, 3.8) is 0 Å². The molecule has 3 aliphatic heterocycles. The van der Waals surface area contributed by atoms with Gasteiger partial charge in [-0.2, -0.15) is 0 Å². The van der Waals surface area contributed by atoms with E-state index in [0.29, 0.717) is 6.42 Å². The van der Waals surface area contributed by atoms with Crippen molar-refractivity contribution in [3.05, 3.63) is 0 Å². The molecule has 0 spiro atoms. The molecule has 1 unspecified atom stereocenters. The lowest BCUT2D eigenvalue weighted by molar-refractivity contribution is -0.231. The van der Waals surface area contributed by atoms with E-state index in [0.717, 1.165) is 12.8 Å². The third-order valence-electron chi connectivity index (χ3n) is 5.43. The minimum Gasteiger partial charge on any atom is -0.348 e. The van der Waals surface area contributed by atoms with Gasteiger partial charge in [-0.3, -0.25) is 9.05 Å². The zero-order valence-electron chi connectivity index (χ0n) is 18.7. The van der Waals surface area contributed by atoms with Crippen LogP contribution in [0.5, 0.6) is 0 Å². The van der Waals surface area contributed by atoms with Gasteiger partial charge in [-0.05, 0) is 34.1 Å². The number of fused-ring (bicyclic) bond motifs is 1. The van der Waals surface area contributed by atoms with E-state index in [-0.39, 0.29) is 13.2 Å². The molecule has 3 saturated heterocycles. The molecule has 0 bridgehead atoms. The molecule has 3 heterocycles. The van der Waals surface area contributed by atoms with E-state index in [2.05, 4.69) is 6.92 Å². The number of ether oxygens (including phenoxy) is 5. The van der Waals surface area contributed by atoms with Gasteiger partial charge < -0.3 is 28.6 Å². The van der Waals surface area contributed by atoms with Crippen molar-refractivity contribution in [1.29, 1.82) is 0 Å². The first-order chi connectivity index (χ1) is 14.0. The second-order valence-electron chi connectivity index (χ2n) is 9.08. The average molecular weight is 452 g/mol. The summed E-state index contributed by atoms with van der Waals surface area (Å²) in [6, 6.07) is 0. The number of rotatable bonds is 11. The van der Waals surface area contributed by atoms with Gasteiger partial charge in [0.1, 0.15) is 24.4 Å². The first kappa shape index (κ1) is 24.6. The van der Waals surface area contributed by atoms with Gasteiger partial charge in [-0.15, -0.1) is 0 Å². The molecular formula is C20H37O9P. The quantitative estimate of drug-likeness (QED) is 0.370. The molecule has 0 radical (unpaired) electrons. The van der Waals surface area contributed by atoms with Crippen molar-refractivity contribution in [2.24, 2.45) is 0 Å². The van der Waals surface area contributed by atoms with Gasteiger partial charge in [-0.1, -0.05) is 39.0 Å². The molecule has 0 saturated carbocycles. The number of phosphoric acid groups is 1. The van der Waals surface area contributed by atoms with Crippen molar-refractivity contribution in [2.45, 2.75) is 115 Å². The molecule has 10 heteroatoms. The number of unbranched alkanes of at least 4 members (excludes halogenated alkanes) is 5. The smallest absolute Gasteiger partial charge is 0.348 e. The Morgan fingerprint density at radius 3 is 2.33 bits per heavy atom. The summed E-state index contributed by atoms with van der Waals surface area (Å²) in [5, 5.41) is 0. The minimum atomic E-state index is -4.32. The van der Waals surface area contributed by atoms with E-state index < -0.39 is 50.1 Å². The third kappa shape index (κ3) is 6.47. The van der Waals surface area contributed by atoms with Gasteiger partial charge in [0.25, 0.3) is 0 Å². The van der Waals surface area contributed by atoms with Gasteiger partial charge >= 0.3 is 7.82 Å². The molecule has 6 atom stereocenters. The van der Waals surface area contributed by atoms with Crippen molar-refractivity contribution in [3.8, 4) is 0 Å². The first-order valence-electron chi connectivity index (χ1n) is 11.0. The summed E-state index contributed by atoms with van der Waals surface area (Å²) in [6.07, 6.45) is 2.85. The van der Waals surface area contributed by atoms with Crippen molar-refractivity contribution < 1.29 is 42.2 Å². The second-order valence-corrected chi connectivity index (χ2v) is 10.5. The summed E-state index contributed by atoms with van der Waals surface area (Å²) in [5.74, 6) is -1.65. The molecule has 0 amide bonds. The molecule has 30 heavy (non-hydrogen) atoms. The normalized spacial score (nSPS) is 36.7. The summed E-state index contributed by atoms with van der Waals surface area (Å²) < 4.78 is 52.6. The fourth-order valence-electron chi connectivity index (χ4n) is 4.05. The van der Waals surface area contributed by atoms with Gasteiger partial charge in [0.05, 0.1) is 13.2 Å². The topological polar surface area (TPSA) is 102 Å². The molecule has 0 aliphatic carbocycles. The van der Waals surface area contributed by atoms with Crippen LogP contribution in [-0.4, -0.2) is 60.4 Å². The molecule has 0 aromatic carbocycles. The Balaban J connectivity index is 1.57. The highest BCUT2D eigenvalue weighted by atomic mass is 31.2. The maximum Gasteiger partial charge on any atom is 0.472 e. The predicted octanol–water partition coefficient (Wildman–Crippen LogP) is 3.88. The maximum atomic E-state index is 12.6. The van der Waals surface area contributed by atoms with Crippen LogP contribution in [0.3, 0.4) is 0 Å². The SMILES string of the molecule is CCCCCCCCOP(=O)(O)O[C@@H]1[C@H]2OC(C)(C)O[C@@H]2O[C@@H]1[C@H]1COC(C)(C)O1. The van der Waals surface area contributed by atoms with Crippen LogP contribution < -0.4 is 0 Å². The summed E-state index contributed by atoms with van der Waals surface area (Å²) in [7, 11) is -4.32. The Labute approximate surface area is 179 Å². The monoisotopic (exact) mass is 452 g/mol. The molecule has 3 fully saturated rings. The maximum absolute atomic E-state index is 12.6. The Morgan fingerprint density at radius 2 is 1.67 bits per heavy atom. The average Bonchev–Trinajstić information content (AvgIpc) is 3.24. The van der Waals surface area contributed by atoms with Gasteiger partial charge in [0.2, 0.25) is 0 Å². The van der Waals surface area contributed by atoms with E-state index in [1.807, 2.05) is 0 Å². The van der Waals surface area contributed by atoms with Crippen LogP contribution in [-0.2, 0) is 37.3 Å². The van der Waals surface area contributed by atoms with E-state index in [1.165, 1.54) is 19.3 Å². The summed E-state index contributed by atoms with van der Waals surface area (Å²) in [6.45, 7) is 9.71. The van der Waals surface area contributed by atoms with E-state index in [9.17, 15) is 9.46 Å². The summed E-state index contributed by atoms with van der Waals surface area (Å²) in [4.78, 5) is 10.3. The highest BCUT2D eigenvalue weighted by molar-refractivity contribution is 7.47. The lowest BCUT2D eigenvalue weighted by Crippen LogP contribution is -2.43. The fraction of sp³-hybridized carbons (Fsp3) is 1.00. The summed E-state index contributed by atoms with van der Waals surface area (Å²) in [5.41, 5.74) is 0. The van der Waals surface area contributed by atoms with Crippen molar-refractivity contribution in [2.75, 3.05) is 13.2 Å². The number of phosphoric ester groups is 1. The molecule has 176 valence electrons. The van der Waals surface area contributed by atoms with Gasteiger partial charge in [-0.25, -0.2) is 4.57 Å². The standard InChI is InChI=1S/C20H37O9P/c1-6-7-8-9-10-11-12-24-30(21,22)29-16-15(14-13-23-19(2,3)26-14)25-18-17(16)27-20(4,5)28-18/h14-18H,6-13H2,1-5H3,(H,21,22)/t14-,15-,16+,17-,18+/m1/s1. The van der Waals surface area contributed by atoms with Gasteiger partial charge in [0, 0.05) is 0 Å². The van der Waals surface area contributed by atoms with Crippen molar-refractivity contribution in [1.82, 2.24) is 0 Å². The lowest BCUT2D eigenvalue weighted by atomic mass is 10.1. The van der Waals surface area contributed by atoms with Crippen LogP contribution in [0.2, 0.25) is 0 Å². The van der Waals surface area contributed by atoms with E-state index >= 15 is 0 Å². The molecular weight excluding hydrogens is 415 g/mol. The lowest BCUT2D eigenvalue weighted by Gasteiger charge is -2.29. The van der Waals surface area contributed by atoms with Crippen LogP contribution in [0.25, 0.3) is 0 Å². The molecule has 1 N–H and O–H groups in total. The van der Waals surface area contributed by atoms with E-state index in [4.69, 9.17) is 32.7 Å². The third-order valence-corrected chi connectivity index (χ3v) is 6.45. The van der Waals surface area contributed by atoms with Crippen LogP contribution >= 0.6 is 7.82 Å². The second kappa shape index (κ2) is 9.81. The van der Waals surface area contributed by atoms with Crippen LogP contribution in [0.1, 0.15) is 73.1 Å². The Kier molecular flexibility index (Phi) is 8.03. The van der Waals surface area contributed by atoms with Crippen LogP contribution in [0, 0.1) is 0 Å². The van der Waals surface area contributed by atoms with E-state index in [1.54, 1.807) is 27.7 Å². The minimum absolute atomic E-state index is 0.158. The van der Waals surface area contributed by atoms with Crippen molar-refractivity contribution >= 4 is 7.82 Å². The molecule has 0 aromatic heterocycles. The highest BCUT2D eigenvalue weighted by Crippen LogP contribution is 2.51. The number of hydrogen-bond donors (Lipinski definition) is 1. The molecule has 0 aromatic rings.